The number of hydrogen-bond donors (Lipinski definition) is 3. The third kappa shape index (κ3) is 8.81. The number of unbranched alkanes of at least 4 members (excludes halogenated alkanes) is 2. The van der Waals surface area contributed by atoms with Crippen LogP contribution in [0.5, 0.6) is 0 Å². The van der Waals surface area contributed by atoms with Gasteiger partial charge in [-0.2, -0.15) is 0 Å². The minimum Gasteiger partial charge on any atom is -0.338 e. The van der Waals surface area contributed by atoms with Crippen LogP contribution in [0.1, 0.15) is 33.1 Å². The van der Waals surface area contributed by atoms with Crippen LogP contribution in [0.4, 0.5) is 4.79 Å². The minimum atomic E-state index is -0.583. The van der Waals surface area contributed by atoms with Crippen LogP contribution >= 0.6 is 0 Å². The van der Waals surface area contributed by atoms with Gasteiger partial charge in [0.15, 0.2) is 0 Å². The molecule has 5 heteroatoms. The summed E-state index contributed by atoms with van der Waals surface area (Å²) in [6.07, 6.45) is 3.55. The van der Waals surface area contributed by atoms with E-state index in [1.807, 2.05) is 30.3 Å². The van der Waals surface area contributed by atoms with E-state index in [1.54, 1.807) is 0 Å². The van der Waals surface area contributed by atoms with Crippen molar-refractivity contribution in [2.75, 3.05) is 19.6 Å². The van der Waals surface area contributed by atoms with Gasteiger partial charge in [0.05, 0.1) is 6.54 Å². The van der Waals surface area contributed by atoms with Gasteiger partial charge >= 0.3 is 6.03 Å². The fourth-order valence-corrected chi connectivity index (χ4v) is 1.76. The second kappa shape index (κ2) is 10.9. The van der Waals surface area contributed by atoms with E-state index in [2.05, 4.69) is 22.9 Å². The van der Waals surface area contributed by atoms with Gasteiger partial charge in [-0.05, 0) is 24.9 Å². The van der Waals surface area contributed by atoms with Gasteiger partial charge in [0, 0.05) is 7.92 Å². The first-order chi connectivity index (χ1) is 10.6. The van der Waals surface area contributed by atoms with Gasteiger partial charge in [-0.1, -0.05) is 50.1 Å². The summed E-state index contributed by atoms with van der Waals surface area (Å²) in [5, 5.41) is 7.66. The number of carbonyl (C=O) groups excluding carboxylic acids is 2. The summed E-state index contributed by atoms with van der Waals surface area (Å²) in [7, 11) is 0. The Kier molecular flexibility index (Phi) is 8.02. The van der Waals surface area contributed by atoms with Crippen LogP contribution in [-0.2, 0) is 11.2 Å². The third-order valence-corrected chi connectivity index (χ3v) is 2.91. The van der Waals surface area contributed by atoms with Gasteiger partial charge in [0.1, 0.15) is 0 Å². The van der Waals surface area contributed by atoms with Gasteiger partial charge in [0.2, 0.25) is 5.91 Å². The van der Waals surface area contributed by atoms with Crippen LogP contribution in [0.2, 0.25) is 0 Å². The molecule has 1 aromatic rings. The molecule has 0 aromatic heterocycles. The molecule has 0 radical (unpaired) electrons. The second-order valence-corrected chi connectivity index (χ2v) is 4.79. The first-order valence-corrected chi connectivity index (χ1v) is 7.39. The zero-order valence-electron chi connectivity index (χ0n) is 13.5. The summed E-state index contributed by atoms with van der Waals surface area (Å²) in [6.45, 7) is 2.02. The minimum absolute atomic E-state index is 0.0522. The van der Waals surface area contributed by atoms with Gasteiger partial charge < -0.3 is 10.6 Å². The first-order valence-electron chi connectivity index (χ1n) is 7.96. The molecule has 5 nitrogen and oxygen atoms in total. The molecule has 0 aliphatic rings. The summed E-state index contributed by atoms with van der Waals surface area (Å²) < 4.78 is 7.85. The Morgan fingerprint density at radius 3 is 2.67 bits per heavy atom. The van der Waals surface area contributed by atoms with Crippen LogP contribution in [0.15, 0.2) is 30.3 Å². The van der Waals surface area contributed by atoms with E-state index in [9.17, 15) is 9.59 Å². The Bertz CT molecular complexity index is 454. The van der Waals surface area contributed by atoms with E-state index < -0.39 is 18.5 Å². The Morgan fingerprint density at radius 2 is 1.95 bits per heavy atom. The molecule has 1 atom stereocenters. The zero-order valence-corrected chi connectivity index (χ0v) is 12.5. The molecule has 1 unspecified atom stereocenters. The molecule has 3 amide bonds. The van der Waals surface area contributed by atoms with Crippen molar-refractivity contribution < 1.29 is 11.0 Å². The van der Waals surface area contributed by atoms with Crippen molar-refractivity contribution in [3.05, 3.63) is 35.9 Å². The lowest BCUT2D eigenvalue weighted by Gasteiger charge is -2.07. The molecule has 3 N–H and O–H groups in total. The number of hydrogen-bond acceptors (Lipinski definition) is 3. The maximum absolute atomic E-state index is 11.6. The van der Waals surface area contributed by atoms with E-state index in [4.69, 9.17) is 1.37 Å². The van der Waals surface area contributed by atoms with Crippen molar-refractivity contribution in [1.29, 1.82) is 0 Å². The molecule has 0 fully saturated rings. The second-order valence-electron chi connectivity index (χ2n) is 4.79. The highest BCUT2D eigenvalue weighted by atomic mass is 16.2. The summed E-state index contributed by atoms with van der Waals surface area (Å²) >= 11 is 0. The van der Waals surface area contributed by atoms with Crippen molar-refractivity contribution in [1.82, 2.24) is 16.0 Å². The molecule has 0 aliphatic carbocycles. The molecule has 0 aliphatic heterocycles. The lowest BCUT2D eigenvalue weighted by molar-refractivity contribution is -0.119. The molecular weight excluding hydrogens is 266 g/mol. The average Bonchev–Trinajstić information content (AvgIpc) is 2.50. The zero-order chi connectivity index (χ0) is 16.2. The van der Waals surface area contributed by atoms with Crippen LogP contribution in [0.25, 0.3) is 0 Å². The van der Waals surface area contributed by atoms with Crippen molar-refractivity contribution in [3.8, 4) is 0 Å². The average molecular weight is 292 g/mol. The third-order valence-electron chi connectivity index (χ3n) is 2.91. The molecule has 0 saturated heterocycles. The Hall–Kier alpha value is -1.88. The summed E-state index contributed by atoms with van der Waals surface area (Å²) in [5.74, 6) is -0.432. The van der Waals surface area contributed by atoms with Gasteiger partial charge in [-0.3, -0.25) is 10.1 Å². The molecule has 21 heavy (non-hydrogen) atoms. The van der Waals surface area contributed by atoms with E-state index in [1.165, 1.54) is 0 Å². The lowest BCUT2D eigenvalue weighted by atomic mass is 10.1. The molecular formula is C16H25N3O2. The van der Waals surface area contributed by atoms with Crippen LogP contribution < -0.4 is 16.0 Å². The van der Waals surface area contributed by atoms with Gasteiger partial charge in [0.25, 0.3) is 0 Å². The Balaban J connectivity index is 2.15. The molecule has 0 saturated carbocycles. The fraction of sp³-hybridized carbons (Fsp3) is 0.500. The highest BCUT2D eigenvalue weighted by molar-refractivity contribution is 5.95. The molecule has 1 rings (SSSR count). The van der Waals surface area contributed by atoms with E-state index in [0.29, 0.717) is 13.0 Å². The number of urea groups is 1. The summed E-state index contributed by atoms with van der Waals surface area (Å²) in [5.41, 5.74) is 1.03. The normalized spacial score (nSPS) is 12.3. The number of amides is 3. The first kappa shape index (κ1) is 15.5. The van der Waals surface area contributed by atoms with E-state index >= 15 is 0 Å². The standard InChI is InChI=1S/C16H25N3O2/c1-2-3-7-11-18-16(21)19-15(20)13-17-12-10-14-8-5-4-6-9-14/h4-6,8-9,17H,2-3,7,10-13H2,1H3,(H2,18,19,20,21)/i12D. The number of carbonyl (C=O) groups is 2. The number of aryl methyl sites for hydroxylation is 1. The number of imide groups is 1. The molecule has 116 valence electrons. The molecule has 0 heterocycles. The van der Waals surface area contributed by atoms with Crippen molar-refractivity contribution in [3.63, 3.8) is 0 Å². The highest BCUT2D eigenvalue weighted by Crippen LogP contribution is 1.97. The van der Waals surface area contributed by atoms with Crippen LogP contribution in [-0.4, -0.2) is 31.5 Å². The maximum atomic E-state index is 11.6. The lowest BCUT2D eigenvalue weighted by Crippen LogP contribution is -2.43. The number of nitrogens with one attached hydrogen (secondary N) is 3. The van der Waals surface area contributed by atoms with Crippen LogP contribution in [0.3, 0.4) is 0 Å². The smallest absolute Gasteiger partial charge is 0.321 e. The number of rotatable bonds is 9. The summed E-state index contributed by atoms with van der Waals surface area (Å²) in [6, 6.07) is 9.14. The quantitative estimate of drug-likeness (QED) is 0.608. The van der Waals surface area contributed by atoms with E-state index in [-0.39, 0.29) is 6.54 Å². The molecule has 0 bridgehead atoms. The van der Waals surface area contributed by atoms with Gasteiger partial charge in [-0.15, -0.1) is 0 Å². The highest BCUT2D eigenvalue weighted by Gasteiger charge is 2.05. The van der Waals surface area contributed by atoms with Crippen molar-refractivity contribution in [2.24, 2.45) is 0 Å². The summed E-state index contributed by atoms with van der Waals surface area (Å²) in [4.78, 5) is 23.0. The molecule has 0 spiro atoms. The van der Waals surface area contributed by atoms with Crippen molar-refractivity contribution in [2.45, 2.75) is 32.6 Å². The van der Waals surface area contributed by atoms with Crippen LogP contribution in [0, 0.1) is 0 Å². The SMILES string of the molecule is [2H]C(Cc1ccccc1)NCC(=O)NC(=O)NCCCCC. The predicted octanol–water partition coefficient (Wildman–Crippen LogP) is 1.83. The predicted molar refractivity (Wildman–Crippen MR) is 84.1 cm³/mol. The maximum Gasteiger partial charge on any atom is 0.321 e. The van der Waals surface area contributed by atoms with Crippen molar-refractivity contribution >= 4 is 11.9 Å². The number of benzene rings is 1. The fourth-order valence-electron chi connectivity index (χ4n) is 1.76. The topological polar surface area (TPSA) is 70.2 Å². The van der Waals surface area contributed by atoms with Gasteiger partial charge in [-0.25, -0.2) is 4.79 Å². The largest absolute Gasteiger partial charge is 0.338 e. The monoisotopic (exact) mass is 292 g/mol. The Morgan fingerprint density at radius 1 is 1.19 bits per heavy atom. The molecule has 1 aromatic carbocycles. The van der Waals surface area contributed by atoms with E-state index in [0.717, 1.165) is 24.8 Å². The Labute approximate surface area is 127 Å².